The smallest absolute Gasteiger partial charge is 0.0596 e. The van der Waals surface area contributed by atoms with Crippen molar-refractivity contribution in [3.05, 3.63) is 0 Å². The summed E-state index contributed by atoms with van der Waals surface area (Å²) >= 11 is 0. The Balaban J connectivity index is 1.57. The molecule has 0 saturated heterocycles. The van der Waals surface area contributed by atoms with E-state index in [2.05, 4.69) is 6.92 Å². The van der Waals surface area contributed by atoms with Gasteiger partial charge in [-0.15, -0.1) is 0 Å². The third-order valence-corrected chi connectivity index (χ3v) is 7.88. The van der Waals surface area contributed by atoms with E-state index in [0.29, 0.717) is 0 Å². The highest BCUT2D eigenvalue weighted by Crippen LogP contribution is 2.62. The molecule has 1 unspecified atom stereocenters. The molecule has 4 saturated carbocycles. The third kappa shape index (κ3) is 1.83. The molecule has 20 heavy (non-hydrogen) atoms. The molecule has 4 aliphatic rings. The Kier molecular flexibility index (Phi) is 3.20. The summed E-state index contributed by atoms with van der Waals surface area (Å²) in [5, 5.41) is 20.3. The van der Waals surface area contributed by atoms with E-state index < -0.39 is 0 Å². The number of aliphatic hydroxyl groups excluding tert-OH is 2. The van der Waals surface area contributed by atoms with Gasteiger partial charge in [0, 0.05) is 0 Å². The molecule has 4 fully saturated rings. The highest BCUT2D eigenvalue weighted by atomic mass is 16.3. The summed E-state index contributed by atoms with van der Waals surface area (Å²) in [5.74, 6) is 4.26. The molecule has 0 heterocycles. The summed E-state index contributed by atoms with van der Waals surface area (Å²) in [6.45, 7) is 2.36. The van der Waals surface area contributed by atoms with Crippen molar-refractivity contribution in [2.45, 2.75) is 76.9 Å². The van der Waals surface area contributed by atoms with Crippen molar-refractivity contribution in [2.75, 3.05) is 0 Å². The molecule has 2 N–H and O–H groups in total. The fourth-order valence-corrected chi connectivity index (χ4v) is 6.80. The minimum atomic E-state index is -0.0423. The molecule has 4 rings (SSSR count). The summed E-state index contributed by atoms with van der Waals surface area (Å²) in [7, 11) is 0. The third-order valence-electron chi connectivity index (χ3n) is 7.88. The van der Waals surface area contributed by atoms with Crippen LogP contribution in [0.4, 0.5) is 0 Å². The van der Waals surface area contributed by atoms with Gasteiger partial charge in [-0.1, -0.05) is 6.92 Å². The molecule has 4 aliphatic carbocycles. The first-order valence-electron chi connectivity index (χ1n) is 8.95. The molecule has 0 spiro atoms. The van der Waals surface area contributed by atoms with E-state index in [4.69, 9.17) is 0 Å². The van der Waals surface area contributed by atoms with Crippen LogP contribution in [-0.2, 0) is 0 Å². The van der Waals surface area contributed by atoms with Crippen molar-refractivity contribution in [2.24, 2.45) is 35.0 Å². The Labute approximate surface area is 123 Å². The van der Waals surface area contributed by atoms with Gasteiger partial charge in [-0.2, -0.15) is 0 Å². The van der Waals surface area contributed by atoms with Gasteiger partial charge in [0.05, 0.1) is 12.2 Å². The van der Waals surface area contributed by atoms with E-state index in [1.807, 2.05) is 0 Å². The summed E-state index contributed by atoms with van der Waals surface area (Å²) in [4.78, 5) is 0. The average molecular weight is 278 g/mol. The molecular weight excluding hydrogens is 248 g/mol. The van der Waals surface area contributed by atoms with Crippen LogP contribution in [0, 0.1) is 35.0 Å². The number of rotatable bonds is 0. The maximum Gasteiger partial charge on any atom is 0.0596 e. The number of hydrogen-bond donors (Lipinski definition) is 2. The Bertz CT molecular complexity index is 382. The lowest BCUT2D eigenvalue weighted by Gasteiger charge is -2.55. The van der Waals surface area contributed by atoms with Crippen LogP contribution in [-0.4, -0.2) is 22.4 Å². The Morgan fingerprint density at radius 1 is 0.800 bits per heavy atom. The molecule has 114 valence electrons. The predicted octanol–water partition coefficient (Wildman–Crippen LogP) is 3.36. The lowest BCUT2D eigenvalue weighted by molar-refractivity contribution is -0.0913. The van der Waals surface area contributed by atoms with Gasteiger partial charge in [0.1, 0.15) is 0 Å². The molecule has 8 atom stereocenters. The van der Waals surface area contributed by atoms with Crippen molar-refractivity contribution in [1.29, 1.82) is 0 Å². The van der Waals surface area contributed by atoms with E-state index >= 15 is 0 Å². The van der Waals surface area contributed by atoms with Crippen LogP contribution in [0.25, 0.3) is 0 Å². The van der Waals surface area contributed by atoms with Crippen LogP contribution in [0.3, 0.4) is 0 Å². The van der Waals surface area contributed by atoms with Crippen LogP contribution >= 0.6 is 0 Å². The van der Waals surface area contributed by atoms with Gasteiger partial charge in [-0.05, 0) is 92.8 Å². The first-order chi connectivity index (χ1) is 9.59. The minimum Gasteiger partial charge on any atom is -0.393 e. The van der Waals surface area contributed by atoms with Gasteiger partial charge in [-0.25, -0.2) is 0 Å². The van der Waals surface area contributed by atoms with Crippen molar-refractivity contribution < 1.29 is 10.2 Å². The quantitative estimate of drug-likeness (QED) is 0.713. The summed E-state index contributed by atoms with van der Waals surface area (Å²) in [6, 6.07) is 0. The van der Waals surface area contributed by atoms with Crippen LogP contribution in [0.5, 0.6) is 0 Å². The summed E-state index contributed by atoms with van der Waals surface area (Å²) in [6.07, 6.45) is 10.9. The monoisotopic (exact) mass is 278 g/mol. The first-order valence-corrected chi connectivity index (χ1v) is 8.95. The van der Waals surface area contributed by atoms with Gasteiger partial charge >= 0.3 is 0 Å². The zero-order valence-corrected chi connectivity index (χ0v) is 12.8. The number of hydrogen-bond acceptors (Lipinski definition) is 2. The van der Waals surface area contributed by atoms with E-state index in [0.717, 1.165) is 48.9 Å². The minimum absolute atomic E-state index is 0.0186. The zero-order valence-electron chi connectivity index (χ0n) is 12.8. The normalized spacial score (nSPS) is 58.6. The molecular formula is C18H30O2. The largest absolute Gasteiger partial charge is 0.393 e. The summed E-state index contributed by atoms with van der Waals surface area (Å²) < 4.78 is 0. The van der Waals surface area contributed by atoms with Crippen molar-refractivity contribution >= 4 is 0 Å². The van der Waals surface area contributed by atoms with Gasteiger partial charge < -0.3 is 10.2 Å². The summed E-state index contributed by atoms with van der Waals surface area (Å²) in [5.41, 5.74) is 0.224. The predicted molar refractivity (Wildman–Crippen MR) is 79.1 cm³/mol. The van der Waals surface area contributed by atoms with Crippen LogP contribution in [0.1, 0.15) is 64.7 Å². The van der Waals surface area contributed by atoms with E-state index in [1.165, 1.54) is 38.5 Å². The Morgan fingerprint density at radius 3 is 2.45 bits per heavy atom. The molecule has 0 aromatic carbocycles. The molecule has 2 nitrogen and oxygen atoms in total. The molecule has 0 radical (unpaired) electrons. The SMILES string of the molecule is C[C@]12CC[C@H]3[C@@H](CC[C@H]4CC(O)CC[C@@H]43)[C@@H]1CC[C@@H]2O. The fraction of sp³-hybridized carbons (Fsp3) is 1.00. The lowest BCUT2D eigenvalue weighted by Crippen LogP contribution is -2.49. The van der Waals surface area contributed by atoms with E-state index in [9.17, 15) is 10.2 Å². The molecule has 0 bridgehead atoms. The van der Waals surface area contributed by atoms with E-state index in [-0.39, 0.29) is 17.6 Å². The topological polar surface area (TPSA) is 40.5 Å². The highest BCUT2D eigenvalue weighted by Gasteiger charge is 2.56. The van der Waals surface area contributed by atoms with Crippen LogP contribution < -0.4 is 0 Å². The second-order valence-electron chi connectivity index (χ2n) is 8.54. The number of fused-ring (bicyclic) bond motifs is 5. The van der Waals surface area contributed by atoms with Gasteiger partial charge in [0.15, 0.2) is 0 Å². The molecule has 0 aliphatic heterocycles. The van der Waals surface area contributed by atoms with Gasteiger partial charge in [0.2, 0.25) is 0 Å². The maximum atomic E-state index is 10.4. The van der Waals surface area contributed by atoms with Gasteiger partial charge in [-0.3, -0.25) is 0 Å². The maximum absolute atomic E-state index is 10.4. The fourth-order valence-electron chi connectivity index (χ4n) is 6.80. The highest BCUT2D eigenvalue weighted by molar-refractivity contribution is 5.06. The Hall–Kier alpha value is -0.0800. The molecule has 0 amide bonds. The van der Waals surface area contributed by atoms with Crippen LogP contribution in [0.15, 0.2) is 0 Å². The van der Waals surface area contributed by atoms with Crippen molar-refractivity contribution in [3.63, 3.8) is 0 Å². The van der Waals surface area contributed by atoms with E-state index in [1.54, 1.807) is 0 Å². The molecule has 2 heteroatoms. The molecule has 0 aromatic rings. The lowest BCUT2D eigenvalue weighted by atomic mass is 9.50. The first kappa shape index (κ1) is 13.6. The van der Waals surface area contributed by atoms with Crippen molar-refractivity contribution in [3.8, 4) is 0 Å². The van der Waals surface area contributed by atoms with Gasteiger partial charge in [0.25, 0.3) is 0 Å². The second kappa shape index (κ2) is 4.71. The van der Waals surface area contributed by atoms with Crippen molar-refractivity contribution in [1.82, 2.24) is 0 Å². The van der Waals surface area contributed by atoms with Crippen LogP contribution in [0.2, 0.25) is 0 Å². The number of aliphatic hydroxyl groups is 2. The average Bonchev–Trinajstić information content (AvgIpc) is 2.74. The standard InChI is InChI=1S/C18H30O2/c1-18-9-8-14-13-5-3-12(19)10-11(13)2-4-15(14)16(18)6-7-17(18)20/h11-17,19-20H,2-10H2,1H3/t11-,12?,13-,14+,15+,16-,17-,18-/m0/s1. The Morgan fingerprint density at radius 2 is 1.60 bits per heavy atom. The zero-order chi connectivity index (χ0) is 13.9. The second-order valence-corrected chi connectivity index (χ2v) is 8.54. The molecule has 0 aromatic heterocycles.